The van der Waals surface area contributed by atoms with Crippen LogP contribution < -0.4 is 11.1 Å². The highest BCUT2D eigenvalue weighted by molar-refractivity contribution is 5.94. The van der Waals surface area contributed by atoms with Crippen molar-refractivity contribution in [1.29, 1.82) is 0 Å². The van der Waals surface area contributed by atoms with Crippen LogP contribution in [0.1, 0.15) is 80.2 Å². The van der Waals surface area contributed by atoms with Gasteiger partial charge in [-0.1, -0.05) is 38.5 Å². The molecule has 0 radical (unpaired) electrons. The van der Waals surface area contributed by atoms with Crippen LogP contribution in [0, 0.1) is 142 Å². The van der Waals surface area contributed by atoms with Crippen LogP contribution in [-0.2, 0) is 14.3 Å². The number of rotatable bonds is 11. The summed E-state index contributed by atoms with van der Waals surface area (Å²) in [5.41, 5.74) is 6.34. The van der Waals surface area contributed by atoms with Crippen LogP contribution in [0.15, 0.2) is 0 Å². The van der Waals surface area contributed by atoms with E-state index in [2.05, 4.69) is 154 Å². The lowest BCUT2D eigenvalue weighted by Crippen LogP contribution is -2.60. The van der Waals surface area contributed by atoms with Crippen molar-refractivity contribution < 1.29 is 68.9 Å². The number of carbonyl (C=O) groups is 1. The molecule has 1 aliphatic heterocycles. The molecule has 1 amide bonds. The molecule has 0 bridgehead atoms. The summed E-state index contributed by atoms with van der Waals surface area (Å²) in [6.07, 6.45) is -2.76. The van der Waals surface area contributed by atoms with Gasteiger partial charge in [0.2, 0.25) is 0 Å². The summed E-state index contributed by atoms with van der Waals surface area (Å²) < 4.78 is 11.0. The maximum atomic E-state index is 12.5. The molecule has 298 valence electrons. The average molecular weight is 715 g/mol. The first kappa shape index (κ1) is 41.9. The summed E-state index contributed by atoms with van der Waals surface area (Å²) in [6.45, 7) is 2.97. The molecule has 1 heterocycles. The maximum absolute atomic E-state index is 12.5. The highest BCUT2D eigenvalue weighted by Crippen LogP contribution is 2.22. The number of nitrogens with two attached hydrogens (primary N) is 1. The molecule has 7 N–H and O–H groups in total. The maximum Gasteiger partial charge on any atom is 0.297 e. The van der Waals surface area contributed by atoms with E-state index in [0.29, 0.717) is 6.42 Å². The molecule has 9 heteroatoms. The molecular weight excluding hydrogens is 632 g/mol. The third-order valence-electron chi connectivity index (χ3n) is 6.13. The normalized spacial score (nSPS) is 18.3. The highest BCUT2D eigenvalue weighted by Gasteiger charge is 2.44. The predicted molar refractivity (Wildman–Crippen MR) is 238 cm³/mol. The Balaban J connectivity index is -0.0000000473. The standard InChI is InChI=1S/C41H34N2O7.24H2/c1-3-5-7-9-10-11-12-13-14-15-16-17-18-19-20-21-22-23-24-25-26-27-29-31-37(45)43-35(34(42)30-28-8-6-4-2)33-49-41-40(48)39(47)38(46)36(32-44)50-41;;;;;;;;;;;;;;;;;;;;;;;;/h34-36,38-41,44,46-48H,4,6,8,28,30,32-33,42H2,1-2H3,(H,43,45);24*1H/t34-,35+,36?,38+,39+,40?,41+;;;;;;;;;;;;;;;;;;;;;;;;/m1......................../s1. The monoisotopic (exact) mass is 715 g/mol. The third-order valence-corrected chi connectivity index (χ3v) is 6.13. The molecule has 0 spiro atoms. The Labute approximate surface area is 330 Å². The number of hydrogen-bond donors (Lipinski definition) is 6. The van der Waals surface area contributed by atoms with Crippen LogP contribution in [0.5, 0.6) is 0 Å². The number of amides is 1. The first-order chi connectivity index (χ1) is 24.3. The van der Waals surface area contributed by atoms with Gasteiger partial charge in [0.1, 0.15) is 24.4 Å². The number of ether oxygens (including phenoxy) is 2. The number of carbonyl (C=O) groups excluding carboxylic acids is 1. The van der Waals surface area contributed by atoms with Gasteiger partial charge in [-0.25, -0.2) is 0 Å². The second kappa shape index (κ2) is 28.0. The Kier molecular flexibility index (Phi) is 23.5. The average Bonchev–Trinajstić information content (AvgIpc) is 3.11. The van der Waals surface area contributed by atoms with Crippen LogP contribution in [0.25, 0.3) is 0 Å². The molecule has 50 heavy (non-hydrogen) atoms. The van der Waals surface area contributed by atoms with Gasteiger partial charge in [0.25, 0.3) is 5.91 Å². The van der Waals surface area contributed by atoms with Crippen LogP contribution in [0.4, 0.5) is 0 Å². The van der Waals surface area contributed by atoms with Gasteiger partial charge in [0.05, 0.1) is 19.3 Å². The van der Waals surface area contributed by atoms with Gasteiger partial charge in [-0.15, -0.1) is 0 Å². The van der Waals surface area contributed by atoms with E-state index < -0.39 is 55.3 Å². The second-order valence-corrected chi connectivity index (χ2v) is 9.75. The Morgan fingerprint density at radius 1 is 0.720 bits per heavy atom. The van der Waals surface area contributed by atoms with E-state index >= 15 is 0 Å². The SMILES string of the molecule is CC#CC#CC#CC#CC#CC#CC#CC#CC#CC#CC#CC#CC(=O)N[C@@H](CO[C@H]1OC(CO)[C@H](O)[C@H](O)C1O)[C@H](N)CCCCCC.[HH].[HH].[HH].[HH].[HH].[HH].[HH].[HH].[HH].[HH].[HH].[HH].[HH].[HH].[HH].[HH].[HH].[HH].[HH].[HH].[HH].[HH].[HH].[HH]. The quantitative estimate of drug-likeness (QED) is 0.135. The number of nitrogens with one attached hydrogen (secondary N) is 1. The zero-order chi connectivity index (χ0) is 36.7. The van der Waals surface area contributed by atoms with Crippen molar-refractivity contribution in [3.05, 3.63) is 0 Å². The van der Waals surface area contributed by atoms with Crippen molar-refractivity contribution in [1.82, 2.24) is 5.32 Å². The molecule has 1 fully saturated rings. The van der Waals surface area contributed by atoms with Gasteiger partial charge in [0.15, 0.2) is 6.29 Å². The molecule has 7 atom stereocenters. The zero-order valence-corrected chi connectivity index (χ0v) is 27.6. The van der Waals surface area contributed by atoms with E-state index in [1.54, 1.807) is 6.92 Å². The molecule has 1 rings (SSSR count). The van der Waals surface area contributed by atoms with E-state index in [9.17, 15) is 25.2 Å². The van der Waals surface area contributed by atoms with E-state index in [4.69, 9.17) is 15.2 Å². The minimum Gasteiger partial charge on any atom is -0.394 e. The van der Waals surface area contributed by atoms with Gasteiger partial charge < -0.3 is 41.0 Å². The summed E-state index contributed by atoms with van der Waals surface area (Å²) >= 11 is 0. The minimum atomic E-state index is -1.60. The first-order valence-corrected chi connectivity index (χ1v) is 15.3. The van der Waals surface area contributed by atoms with Gasteiger partial charge in [-0.05, 0) is 108 Å². The van der Waals surface area contributed by atoms with E-state index in [1.165, 1.54) is 0 Å². The molecule has 0 aromatic rings. The van der Waals surface area contributed by atoms with Gasteiger partial charge in [-0.2, -0.15) is 0 Å². The Bertz CT molecular complexity index is 2010. The van der Waals surface area contributed by atoms with Crippen molar-refractivity contribution >= 4 is 5.91 Å². The molecule has 2 unspecified atom stereocenters. The Morgan fingerprint density at radius 2 is 1.18 bits per heavy atom. The number of unbranched alkanes of at least 4 members (excludes halogenated alkanes) is 3. The van der Waals surface area contributed by atoms with E-state index in [0.717, 1.165) is 25.7 Å². The minimum absolute atomic E-state index is 0. The Hall–Kier alpha value is -6.09. The number of aliphatic hydroxyl groups excluding tert-OH is 4. The van der Waals surface area contributed by atoms with Crippen LogP contribution >= 0.6 is 0 Å². The number of aliphatic hydroxyl groups is 4. The highest BCUT2D eigenvalue weighted by atomic mass is 16.7. The lowest BCUT2D eigenvalue weighted by Gasteiger charge is -2.40. The van der Waals surface area contributed by atoms with Crippen molar-refractivity contribution in [3.63, 3.8) is 0 Å². The second-order valence-electron chi connectivity index (χ2n) is 9.75. The fourth-order valence-electron chi connectivity index (χ4n) is 3.66. The zero-order valence-electron chi connectivity index (χ0n) is 27.6. The Morgan fingerprint density at radius 3 is 1.62 bits per heavy atom. The van der Waals surface area contributed by atoms with E-state index in [1.807, 2.05) is 0 Å². The van der Waals surface area contributed by atoms with Gasteiger partial charge >= 0.3 is 0 Å². The fraction of sp³-hybridized carbons (Fsp3) is 0.390. The summed E-state index contributed by atoms with van der Waals surface area (Å²) in [7, 11) is 0. The largest absolute Gasteiger partial charge is 0.394 e. The molecule has 0 aliphatic carbocycles. The van der Waals surface area contributed by atoms with Gasteiger partial charge in [0, 0.05) is 81.7 Å². The molecule has 1 aliphatic rings. The third kappa shape index (κ3) is 19.5. The molecule has 0 aromatic carbocycles. The van der Waals surface area contributed by atoms with Crippen LogP contribution in [0.3, 0.4) is 0 Å². The summed E-state index contributed by atoms with van der Waals surface area (Å²) in [5.74, 6) is 58.9. The van der Waals surface area contributed by atoms with Crippen molar-refractivity contribution in [2.45, 2.75) is 88.7 Å². The van der Waals surface area contributed by atoms with Crippen molar-refractivity contribution in [2.24, 2.45) is 5.73 Å². The summed E-state index contributed by atoms with van der Waals surface area (Å²) in [6, 6.07) is -1.26. The lowest BCUT2D eigenvalue weighted by molar-refractivity contribution is -0.302. The van der Waals surface area contributed by atoms with E-state index in [-0.39, 0.29) is 40.8 Å². The van der Waals surface area contributed by atoms with Gasteiger partial charge in [-0.3, -0.25) is 4.79 Å². The molecule has 1 saturated heterocycles. The predicted octanol–water partition coefficient (Wildman–Crippen LogP) is 4.55. The lowest BCUT2D eigenvalue weighted by atomic mass is 9.99. The first-order valence-electron chi connectivity index (χ1n) is 15.3. The van der Waals surface area contributed by atoms with Crippen molar-refractivity contribution in [3.8, 4) is 142 Å². The van der Waals surface area contributed by atoms with Crippen LogP contribution in [0.2, 0.25) is 0 Å². The smallest absolute Gasteiger partial charge is 0.297 e. The fourth-order valence-corrected chi connectivity index (χ4v) is 3.66. The van der Waals surface area contributed by atoms with Crippen molar-refractivity contribution in [2.75, 3.05) is 13.2 Å². The molecule has 0 aromatic heterocycles. The topological polar surface area (TPSA) is 155 Å². The molecular formula is C41H82N2O7. The summed E-state index contributed by atoms with van der Waals surface area (Å²) in [5, 5.41) is 42.3. The molecule has 9 nitrogen and oxygen atoms in total. The molecule has 0 saturated carbocycles. The van der Waals surface area contributed by atoms with Crippen LogP contribution in [-0.4, -0.2) is 82.3 Å². The number of hydrogen-bond acceptors (Lipinski definition) is 8. The summed E-state index contributed by atoms with van der Waals surface area (Å²) in [4.78, 5) is 12.5.